The van der Waals surface area contributed by atoms with E-state index in [0.29, 0.717) is 35.4 Å². The van der Waals surface area contributed by atoms with E-state index in [1.54, 1.807) is 12.1 Å². The van der Waals surface area contributed by atoms with Gasteiger partial charge in [-0.3, -0.25) is 15.1 Å². The Bertz CT molecular complexity index is 1120. The van der Waals surface area contributed by atoms with Crippen molar-refractivity contribution in [1.82, 2.24) is 14.5 Å². The largest absolute Gasteiger partial charge is 0.384 e. The lowest BCUT2D eigenvalue weighted by atomic mass is 10.1. The highest BCUT2D eigenvalue weighted by Gasteiger charge is 2.15. The third-order valence-electron chi connectivity index (χ3n) is 5.92. The van der Waals surface area contributed by atoms with Gasteiger partial charge in [-0.25, -0.2) is 4.98 Å². The first-order valence-electron chi connectivity index (χ1n) is 11.5. The molecule has 0 aliphatic rings. The molecule has 0 saturated heterocycles. The van der Waals surface area contributed by atoms with Gasteiger partial charge in [0.15, 0.2) is 0 Å². The van der Waals surface area contributed by atoms with Crippen molar-refractivity contribution >= 4 is 16.9 Å². The molecule has 32 heavy (non-hydrogen) atoms. The Morgan fingerprint density at radius 2 is 1.75 bits per heavy atom. The molecule has 1 heterocycles. The van der Waals surface area contributed by atoms with E-state index in [9.17, 15) is 4.79 Å². The summed E-state index contributed by atoms with van der Waals surface area (Å²) in [6.07, 6.45) is 3.11. The van der Waals surface area contributed by atoms with Crippen molar-refractivity contribution in [3.05, 3.63) is 64.4 Å². The maximum atomic E-state index is 13.4. The molecule has 0 aliphatic heterocycles. The lowest BCUT2D eigenvalue weighted by molar-refractivity contribution is 0.171. The van der Waals surface area contributed by atoms with E-state index in [1.165, 1.54) is 0 Å². The van der Waals surface area contributed by atoms with Crippen LogP contribution in [0.25, 0.3) is 22.3 Å². The van der Waals surface area contributed by atoms with Gasteiger partial charge < -0.3 is 10.3 Å². The number of fused-ring (bicyclic) bond motifs is 1. The SMILES string of the molecule is CC(C)N(CCCCCn1c(=O)c(-c2cccc(C(=N)N)c2)nc2ccccc21)C(C)C. The van der Waals surface area contributed by atoms with E-state index < -0.39 is 0 Å². The van der Waals surface area contributed by atoms with Gasteiger partial charge in [0, 0.05) is 29.8 Å². The van der Waals surface area contributed by atoms with Gasteiger partial charge in [-0.15, -0.1) is 0 Å². The summed E-state index contributed by atoms with van der Waals surface area (Å²) in [4.78, 5) is 20.6. The minimum absolute atomic E-state index is 0.0233. The number of nitrogens with two attached hydrogens (primary N) is 1. The summed E-state index contributed by atoms with van der Waals surface area (Å²) in [5.74, 6) is -0.0233. The van der Waals surface area contributed by atoms with Crippen LogP contribution >= 0.6 is 0 Å². The summed E-state index contributed by atoms with van der Waals surface area (Å²) in [6, 6.07) is 16.0. The number of para-hydroxylation sites is 2. The molecule has 0 atom stereocenters. The Morgan fingerprint density at radius 1 is 1.03 bits per heavy atom. The maximum Gasteiger partial charge on any atom is 0.277 e. The molecule has 0 bridgehead atoms. The van der Waals surface area contributed by atoms with Crippen LogP contribution in [-0.4, -0.2) is 38.9 Å². The zero-order chi connectivity index (χ0) is 23.3. The Morgan fingerprint density at radius 3 is 2.44 bits per heavy atom. The zero-order valence-electron chi connectivity index (χ0n) is 19.6. The summed E-state index contributed by atoms with van der Waals surface area (Å²) < 4.78 is 1.85. The van der Waals surface area contributed by atoms with E-state index in [1.807, 2.05) is 41.0 Å². The minimum Gasteiger partial charge on any atom is -0.384 e. The molecule has 3 N–H and O–H groups in total. The molecule has 0 fully saturated rings. The fourth-order valence-corrected chi connectivity index (χ4v) is 4.29. The molecule has 0 spiro atoms. The number of nitrogen functional groups attached to an aromatic ring is 1. The molecule has 0 amide bonds. The fraction of sp³-hybridized carbons (Fsp3) is 0.423. The van der Waals surface area contributed by atoms with Gasteiger partial charge in [-0.2, -0.15) is 0 Å². The quantitative estimate of drug-likeness (QED) is 0.277. The normalized spacial score (nSPS) is 11.7. The number of rotatable bonds is 10. The van der Waals surface area contributed by atoms with Crippen molar-refractivity contribution in [2.75, 3.05) is 6.54 Å². The van der Waals surface area contributed by atoms with Crippen LogP contribution in [0.5, 0.6) is 0 Å². The highest BCUT2D eigenvalue weighted by atomic mass is 16.1. The Kier molecular flexibility index (Phi) is 7.80. The van der Waals surface area contributed by atoms with Crippen LogP contribution in [0.2, 0.25) is 0 Å². The molecule has 6 heteroatoms. The minimum atomic E-state index is -0.101. The Balaban J connectivity index is 1.84. The van der Waals surface area contributed by atoms with Crippen LogP contribution in [0.3, 0.4) is 0 Å². The van der Waals surface area contributed by atoms with Gasteiger partial charge in [0.05, 0.1) is 11.0 Å². The van der Waals surface area contributed by atoms with Crippen molar-refractivity contribution < 1.29 is 0 Å². The van der Waals surface area contributed by atoms with E-state index in [4.69, 9.17) is 11.1 Å². The van der Waals surface area contributed by atoms with Crippen molar-refractivity contribution in [3.8, 4) is 11.3 Å². The molecule has 0 aliphatic carbocycles. The van der Waals surface area contributed by atoms with Crippen molar-refractivity contribution in [2.45, 2.75) is 65.6 Å². The monoisotopic (exact) mass is 433 g/mol. The first-order chi connectivity index (χ1) is 15.3. The van der Waals surface area contributed by atoms with Crippen LogP contribution in [0.4, 0.5) is 0 Å². The fourth-order valence-electron chi connectivity index (χ4n) is 4.29. The molecule has 6 nitrogen and oxygen atoms in total. The average Bonchev–Trinajstić information content (AvgIpc) is 2.76. The summed E-state index contributed by atoms with van der Waals surface area (Å²) >= 11 is 0. The van der Waals surface area contributed by atoms with Crippen molar-refractivity contribution in [2.24, 2.45) is 5.73 Å². The third-order valence-corrected chi connectivity index (χ3v) is 5.92. The van der Waals surface area contributed by atoms with Gasteiger partial charge in [-0.05, 0) is 65.3 Å². The average molecular weight is 434 g/mol. The van der Waals surface area contributed by atoms with Crippen molar-refractivity contribution in [1.29, 1.82) is 5.41 Å². The number of aromatic nitrogens is 2. The Labute approximate surface area is 190 Å². The van der Waals surface area contributed by atoms with Gasteiger partial charge >= 0.3 is 0 Å². The number of hydrogen-bond donors (Lipinski definition) is 2. The van der Waals surface area contributed by atoms with Crippen molar-refractivity contribution in [3.63, 3.8) is 0 Å². The van der Waals surface area contributed by atoms with Crippen LogP contribution in [-0.2, 0) is 6.54 Å². The predicted octanol–water partition coefficient (Wildman–Crippen LogP) is 4.64. The Hall–Kier alpha value is -2.99. The number of unbranched alkanes of at least 4 members (excludes halogenated alkanes) is 2. The molecular formula is C26H35N5O. The van der Waals surface area contributed by atoms with Gasteiger partial charge in [-0.1, -0.05) is 36.8 Å². The molecular weight excluding hydrogens is 398 g/mol. The van der Waals surface area contributed by atoms with E-state index >= 15 is 0 Å². The number of nitrogens with zero attached hydrogens (tertiary/aromatic N) is 3. The lowest BCUT2D eigenvalue weighted by Gasteiger charge is -2.30. The summed E-state index contributed by atoms with van der Waals surface area (Å²) in [5, 5.41) is 7.71. The first-order valence-corrected chi connectivity index (χ1v) is 11.5. The molecule has 0 saturated carbocycles. The van der Waals surface area contributed by atoms with Gasteiger partial charge in [0.2, 0.25) is 0 Å². The van der Waals surface area contributed by atoms with Gasteiger partial charge in [0.1, 0.15) is 11.5 Å². The van der Waals surface area contributed by atoms with Crippen LogP contribution < -0.4 is 11.3 Å². The predicted molar refractivity (Wildman–Crippen MR) is 133 cm³/mol. The number of aryl methyl sites for hydroxylation is 1. The van der Waals surface area contributed by atoms with E-state index in [-0.39, 0.29) is 11.4 Å². The van der Waals surface area contributed by atoms with Crippen LogP contribution in [0, 0.1) is 5.41 Å². The van der Waals surface area contributed by atoms with E-state index in [0.717, 1.165) is 36.8 Å². The van der Waals surface area contributed by atoms with Crippen LogP contribution in [0.15, 0.2) is 53.3 Å². The molecule has 3 rings (SSSR count). The maximum absolute atomic E-state index is 13.4. The van der Waals surface area contributed by atoms with E-state index in [2.05, 4.69) is 37.6 Å². The lowest BCUT2D eigenvalue weighted by Crippen LogP contribution is -2.37. The number of hydrogen-bond acceptors (Lipinski definition) is 4. The zero-order valence-corrected chi connectivity index (χ0v) is 19.6. The molecule has 170 valence electrons. The third kappa shape index (κ3) is 5.43. The highest BCUT2D eigenvalue weighted by molar-refractivity contribution is 5.96. The van der Waals surface area contributed by atoms with Crippen LogP contribution in [0.1, 0.15) is 52.5 Å². The number of amidine groups is 1. The second kappa shape index (κ2) is 10.6. The number of nitrogens with one attached hydrogen (secondary N) is 1. The summed E-state index contributed by atoms with van der Waals surface area (Å²) in [7, 11) is 0. The molecule has 0 unspecified atom stereocenters. The second-order valence-corrected chi connectivity index (χ2v) is 8.89. The summed E-state index contributed by atoms with van der Waals surface area (Å²) in [6.45, 7) is 10.7. The summed E-state index contributed by atoms with van der Waals surface area (Å²) in [5.41, 5.74) is 8.87. The molecule has 1 aromatic heterocycles. The highest BCUT2D eigenvalue weighted by Crippen LogP contribution is 2.19. The number of benzene rings is 2. The second-order valence-electron chi connectivity index (χ2n) is 8.89. The molecule has 2 aromatic carbocycles. The smallest absolute Gasteiger partial charge is 0.277 e. The molecule has 3 aromatic rings. The van der Waals surface area contributed by atoms with Gasteiger partial charge in [0.25, 0.3) is 5.56 Å². The topological polar surface area (TPSA) is 88.0 Å². The standard InChI is InChI=1S/C26H35N5O/c1-18(2)30(19(3)4)15-8-5-9-16-31-23-14-7-6-13-22(23)29-24(26(31)32)20-11-10-12-21(17-20)25(27)28/h6-7,10-14,17-19H,5,8-9,15-16H2,1-4H3,(H3,27,28). The first kappa shape index (κ1) is 23.7. The molecule has 0 radical (unpaired) electrons.